The largest absolute Gasteiger partial charge is 0.477 e. The van der Waals surface area contributed by atoms with Crippen LogP contribution in [0.15, 0.2) is 54.0 Å². The van der Waals surface area contributed by atoms with Crippen LogP contribution in [-0.4, -0.2) is 33.0 Å². The molecule has 0 saturated heterocycles. The number of ether oxygens (including phenoxy) is 1. The van der Waals surface area contributed by atoms with Crippen LogP contribution < -0.4 is 25.6 Å². The first-order valence-electron chi connectivity index (χ1n) is 9.80. The SMILES string of the molecule is COc1ncc(C#N)cc1[N+](O)(S)Nc1ccc(F)c(-c2ccc3c(/N=C/NN)ncn3c2)c1F. The number of rotatable bonds is 7. The summed E-state index contributed by atoms with van der Waals surface area (Å²) in [6.45, 7) is 0. The molecule has 4 aromatic rings. The van der Waals surface area contributed by atoms with E-state index in [2.05, 4.69) is 38.6 Å². The summed E-state index contributed by atoms with van der Waals surface area (Å²) in [4.78, 5) is 12.1. The maximum Gasteiger partial charge on any atom is 0.283 e. The number of benzene rings is 1. The normalized spacial score (nSPS) is 12.9. The molecule has 14 heteroatoms. The molecule has 0 spiro atoms. The summed E-state index contributed by atoms with van der Waals surface area (Å²) in [5.74, 6) is 3.63. The van der Waals surface area contributed by atoms with E-state index < -0.39 is 15.8 Å². The number of nitrogens with one attached hydrogen (secondary N) is 2. The molecule has 0 aliphatic rings. The molecule has 3 heterocycles. The molecule has 5 N–H and O–H groups in total. The van der Waals surface area contributed by atoms with Gasteiger partial charge in [-0.05, 0) is 18.2 Å². The minimum absolute atomic E-state index is 0.0643. The number of hydrogen-bond acceptors (Lipinski definition) is 9. The summed E-state index contributed by atoms with van der Waals surface area (Å²) >= 11 is 4.12. The highest BCUT2D eigenvalue weighted by Crippen LogP contribution is 2.37. The zero-order valence-electron chi connectivity index (χ0n) is 18.0. The Morgan fingerprint density at radius 3 is 2.83 bits per heavy atom. The minimum atomic E-state index is -1.44. The first-order valence-corrected chi connectivity index (χ1v) is 10.2. The number of nitrogens with two attached hydrogens (primary N) is 1. The highest BCUT2D eigenvalue weighted by atomic mass is 32.1. The number of hydrazine groups is 1. The number of anilines is 1. The molecule has 11 nitrogen and oxygen atoms in total. The predicted molar refractivity (Wildman–Crippen MR) is 128 cm³/mol. The van der Waals surface area contributed by atoms with Crippen molar-refractivity contribution in [2.45, 2.75) is 0 Å². The van der Waals surface area contributed by atoms with Crippen molar-refractivity contribution in [1.82, 2.24) is 24.0 Å². The fourth-order valence-corrected chi connectivity index (χ4v) is 3.60. The summed E-state index contributed by atoms with van der Waals surface area (Å²) in [6.07, 6.45) is 5.40. The third kappa shape index (κ3) is 4.56. The third-order valence-electron chi connectivity index (χ3n) is 4.92. The van der Waals surface area contributed by atoms with Gasteiger partial charge in [-0.1, -0.05) is 6.07 Å². The van der Waals surface area contributed by atoms with Crippen molar-refractivity contribution >= 4 is 41.9 Å². The van der Waals surface area contributed by atoms with E-state index in [1.807, 2.05) is 6.07 Å². The van der Waals surface area contributed by atoms with E-state index in [0.717, 1.165) is 12.1 Å². The van der Waals surface area contributed by atoms with Crippen LogP contribution in [-0.2, 0) is 0 Å². The summed E-state index contributed by atoms with van der Waals surface area (Å²) in [5.41, 5.74) is 4.87. The van der Waals surface area contributed by atoms with Crippen molar-refractivity contribution in [3.8, 4) is 23.1 Å². The molecule has 0 saturated carbocycles. The van der Waals surface area contributed by atoms with Gasteiger partial charge < -0.3 is 14.6 Å². The number of quaternary nitrogens is 1. The lowest BCUT2D eigenvalue weighted by atomic mass is 10.1. The van der Waals surface area contributed by atoms with Gasteiger partial charge in [0.2, 0.25) is 0 Å². The van der Waals surface area contributed by atoms with E-state index in [-0.39, 0.29) is 33.9 Å². The van der Waals surface area contributed by atoms with Gasteiger partial charge in [0.15, 0.2) is 11.6 Å². The average Bonchev–Trinajstić information content (AvgIpc) is 3.26. The maximum atomic E-state index is 15.5. The van der Waals surface area contributed by atoms with Crippen molar-refractivity contribution in [1.29, 1.82) is 5.26 Å². The summed E-state index contributed by atoms with van der Waals surface area (Å²) in [7, 11) is 1.30. The second-order valence-electron chi connectivity index (χ2n) is 7.06. The van der Waals surface area contributed by atoms with E-state index >= 15 is 4.39 Å². The van der Waals surface area contributed by atoms with Gasteiger partial charge in [0.1, 0.15) is 43.1 Å². The number of aliphatic imine (C=N–C) groups is 1. The van der Waals surface area contributed by atoms with Gasteiger partial charge in [-0.2, -0.15) is 15.9 Å². The molecular formula is C21H18F2N9O2S+. The molecule has 0 bridgehead atoms. The van der Waals surface area contributed by atoms with Crippen LogP contribution in [0.1, 0.15) is 5.56 Å². The maximum absolute atomic E-state index is 15.5. The molecule has 1 atom stereocenters. The van der Waals surface area contributed by atoms with Crippen molar-refractivity contribution in [3.05, 3.63) is 66.3 Å². The Hall–Kier alpha value is -4.29. The topological polar surface area (TPSA) is 146 Å². The molecule has 0 aliphatic heterocycles. The number of pyridine rings is 2. The van der Waals surface area contributed by atoms with Crippen LogP contribution >= 0.6 is 12.8 Å². The van der Waals surface area contributed by atoms with Crippen molar-refractivity contribution in [2.75, 3.05) is 12.5 Å². The summed E-state index contributed by atoms with van der Waals surface area (Å²) in [5, 5.41) is 20.1. The van der Waals surface area contributed by atoms with Crippen LogP contribution in [0.3, 0.4) is 0 Å². The first kappa shape index (κ1) is 23.9. The molecule has 0 fully saturated rings. The number of aromatic nitrogens is 3. The number of fused-ring (bicyclic) bond motifs is 1. The molecule has 0 amide bonds. The Kier molecular flexibility index (Phi) is 6.49. The number of imidazole rings is 1. The van der Waals surface area contributed by atoms with Crippen LogP contribution in [0.4, 0.5) is 26.0 Å². The standard InChI is InChI=1S/C21H18F2N9O2S/c1-34-21-17(6-12(7-24)8-26-21)32(33,35)30-15-4-3-14(22)18(19(15)23)13-2-5-16-20(27-10-29-25)28-11-31(16)9-13/h2-6,8-11,30,33,35H,25H2,1H3,(H,27,29)/q+1. The van der Waals surface area contributed by atoms with Crippen LogP contribution in [0.2, 0.25) is 0 Å². The smallest absolute Gasteiger partial charge is 0.283 e. The second-order valence-corrected chi connectivity index (χ2v) is 7.64. The van der Waals surface area contributed by atoms with Crippen LogP contribution in [0.25, 0.3) is 16.6 Å². The van der Waals surface area contributed by atoms with E-state index in [4.69, 9.17) is 15.8 Å². The van der Waals surface area contributed by atoms with Gasteiger partial charge in [-0.25, -0.2) is 29.6 Å². The number of thiol groups is 1. The van der Waals surface area contributed by atoms with E-state index in [1.165, 1.54) is 44.3 Å². The lowest BCUT2D eigenvalue weighted by Crippen LogP contribution is -2.42. The Labute approximate surface area is 202 Å². The van der Waals surface area contributed by atoms with Crippen LogP contribution in [0, 0.1) is 23.0 Å². The van der Waals surface area contributed by atoms with Gasteiger partial charge in [0.05, 0.1) is 23.8 Å². The number of nitriles is 1. The summed E-state index contributed by atoms with van der Waals surface area (Å²) in [6, 6.07) is 8.38. The number of hydrogen-bond donors (Lipinski definition) is 5. The lowest BCUT2D eigenvalue weighted by molar-refractivity contribution is 0.0496. The molecule has 0 radical (unpaired) electrons. The van der Waals surface area contributed by atoms with E-state index in [0.29, 0.717) is 11.3 Å². The molecule has 35 heavy (non-hydrogen) atoms. The quantitative estimate of drug-likeness (QED) is 0.0652. The monoisotopic (exact) mass is 498 g/mol. The highest BCUT2D eigenvalue weighted by Gasteiger charge is 2.34. The van der Waals surface area contributed by atoms with Gasteiger partial charge in [0, 0.05) is 28.2 Å². The zero-order chi connectivity index (χ0) is 25.2. The Morgan fingerprint density at radius 2 is 2.11 bits per heavy atom. The number of nitrogens with zero attached hydrogens (tertiary/aromatic N) is 6. The summed E-state index contributed by atoms with van der Waals surface area (Å²) < 4.78 is 35.5. The van der Waals surface area contributed by atoms with E-state index in [1.54, 1.807) is 10.5 Å². The molecule has 4 rings (SSSR count). The second kappa shape index (κ2) is 9.52. The molecule has 178 valence electrons. The molecule has 1 aromatic carbocycles. The van der Waals surface area contributed by atoms with Gasteiger partial charge in [-0.15, -0.1) is 0 Å². The first-order chi connectivity index (χ1) is 16.8. The highest BCUT2D eigenvalue weighted by molar-refractivity contribution is 7.79. The fourth-order valence-electron chi connectivity index (χ4n) is 3.35. The van der Waals surface area contributed by atoms with Crippen molar-refractivity contribution < 1.29 is 18.7 Å². The lowest BCUT2D eigenvalue weighted by Gasteiger charge is -2.24. The predicted octanol–water partition coefficient (Wildman–Crippen LogP) is 3.25. The third-order valence-corrected chi connectivity index (χ3v) is 5.23. The van der Waals surface area contributed by atoms with Crippen LogP contribution in [0.5, 0.6) is 5.88 Å². The Bertz CT molecular complexity index is 1480. The molecular weight excluding hydrogens is 480 g/mol. The minimum Gasteiger partial charge on any atom is -0.477 e. The Balaban J connectivity index is 1.75. The molecule has 1 unspecified atom stereocenters. The van der Waals surface area contributed by atoms with Gasteiger partial charge in [-0.3, -0.25) is 0 Å². The zero-order valence-corrected chi connectivity index (χ0v) is 18.9. The average molecular weight is 498 g/mol. The fraction of sp³-hybridized carbons (Fsp3) is 0.0476. The van der Waals surface area contributed by atoms with E-state index in [9.17, 15) is 9.60 Å². The van der Waals surface area contributed by atoms with Crippen molar-refractivity contribution in [3.63, 3.8) is 0 Å². The van der Waals surface area contributed by atoms with Gasteiger partial charge >= 0.3 is 0 Å². The van der Waals surface area contributed by atoms with Crippen molar-refractivity contribution in [2.24, 2.45) is 10.8 Å². The number of methoxy groups -OCH3 is 1. The Morgan fingerprint density at radius 1 is 1.31 bits per heavy atom. The van der Waals surface area contributed by atoms with Gasteiger partial charge in [0.25, 0.3) is 11.6 Å². The number of halogens is 2. The molecule has 0 aliphatic carbocycles. The molecule has 3 aromatic heterocycles.